The Hall–Kier alpha value is -2.34. The molecule has 0 radical (unpaired) electrons. The SMILES string of the molecule is Cc1cc(F)cc2c(C(=O)O)cc(-c3cncs3)nc12. The van der Waals surface area contributed by atoms with Crippen LogP contribution in [0.2, 0.25) is 0 Å². The van der Waals surface area contributed by atoms with E-state index in [1.165, 1.54) is 29.5 Å². The molecule has 100 valence electrons. The highest BCUT2D eigenvalue weighted by Crippen LogP contribution is 2.29. The fourth-order valence-electron chi connectivity index (χ4n) is 2.10. The molecule has 20 heavy (non-hydrogen) atoms. The zero-order valence-electron chi connectivity index (χ0n) is 10.4. The number of rotatable bonds is 2. The molecule has 0 amide bonds. The molecule has 0 unspecified atom stereocenters. The number of carboxylic acids is 1. The second-order valence-corrected chi connectivity index (χ2v) is 5.23. The van der Waals surface area contributed by atoms with E-state index in [1.807, 2.05) is 0 Å². The molecule has 6 heteroatoms. The van der Waals surface area contributed by atoms with Gasteiger partial charge in [-0.15, -0.1) is 11.3 Å². The zero-order valence-corrected chi connectivity index (χ0v) is 11.2. The van der Waals surface area contributed by atoms with E-state index in [2.05, 4.69) is 9.97 Å². The summed E-state index contributed by atoms with van der Waals surface area (Å²) in [6.07, 6.45) is 1.63. The van der Waals surface area contributed by atoms with Crippen LogP contribution < -0.4 is 0 Å². The number of thiazole rings is 1. The van der Waals surface area contributed by atoms with Crippen LogP contribution in [0.15, 0.2) is 29.9 Å². The lowest BCUT2D eigenvalue weighted by atomic mass is 10.0. The van der Waals surface area contributed by atoms with E-state index in [-0.39, 0.29) is 5.56 Å². The number of nitrogens with zero attached hydrogens (tertiary/aromatic N) is 2. The zero-order chi connectivity index (χ0) is 14.3. The lowest BCUT2D eigenvalue weighted by Gasteiger charge is -2.08. The van der Waals surface area contributed by atoms with Crippen LogP contribution in [0.4, 0.5) is 4.39 Å². The third-order valence-corrected chi connectivity index (χ3v) is 3.78. The Bertz CT molecular complexity index is 816. The van der Waals surface area contributed by atoms with Crippen molar-refractivity contribution in [3.63, 3.8) is 0 Å². The van der Waals surface area contributed by atoms with Crippen molar-refractivity contribution in [1.29, 1.82) is 0 Å². The molecular formula is C14H9FN2O2S. The predicted molar refractivity (Wildman–Crippen MR) is 74.5 cm³/mol. The highest BCUT2D eigenvalue weighted by molar-refractivity contribution is 7.13. The van der Waals surface area contributed by atoms with E-state index in [4.69, 9.17) is 0 Å². The van der Waals surface area contributed by atoms with Crippen molar-refractivity contribution in [2.24, 2.45) is 0 Å². The Morgan fingerprint density at radius 2 is 2.15 bits per heavy atom. The van der Waals surface area contributed by atoms with Crippen LogP contribution in [-0.2, 0) is 0 Å². The van der Waals surface area contributed by atoms with Crippen molar-refractivity contribution in [2.75, 3.05) is 0 Å². The van der Waals surface area contributed by atoms with Crippen LogP contribution in [0.1, 0.15) is 15.9 Å². The fourth-order valence-corrected chi connectivity index (χ4v) is 2.68. The molecule has 0 atom stereocenters. The van der Waals surface area contributed by atoms with Gasteiger partial charge < -0.3 is 5.11 Å². The number of carboxylic acid groups (broad SMARTS) is 1. The quantitative estimate of drug-likeness (QED) is 0.784. The van der Waals surface area contributed by atoms with E-state index < -0.39 is 11.8 Å². The van der Waals surface area contributed by atoms with Gasteiger partial charge in [0.25, 0.3) is 0 Å². The Morgan fingerprint density at radius 3 is 2.80 bits per heavy atom. The summed E-state index contributed by atoms with van der Waals surface area (Å²) in [5.74, 6) is -1.57. The first-order valence-corrected chi connectivity index (χ1v) is 6.67. The number of aromatic nitrogens is 2. The summed E-state index contributed by atoms with van der Waals surface area (Å²) in [6.45, 7) is 1.71. The maximum absolute atomic E-state index is 13.5. The maximum atomic E-state index is 13.5. The minimum atomic E-state index is -1.10. The number of fused-ring (bicyclic) bond motifs is 1. The molecule has 1 aromatic carbocycles. The summed E-state index contributed by atoms with van der Waals surface area (Å²) < 4.78 is 13.5. The minimum Gasteiger partial charge on any atom is -0.478 e. The molecule has 4 nitrogen and oxygen atoms in total. The summed E-state index contributed by atoms with van der Waals surface area (Å²) in [4.78, 5) is 20.6. The average Bonchev–Trinajstić information content (AvgIpc) is 2.91. The monoisotopic (exact) mass is 288 g/mol. The van der Waals surface area contributed by atoms with Crippen molar-refractivity contribution in [3.05, 3.63) is 46.9 Å². The van der Waals surface area contributed by atoms with Gasteiger partial charge in [-0.3, -0.25) is 4.98 Å². The van der Waals surface area contributed by atoms with Gasteiger partial charge in [0.05, 0.1) is 27.2 Å². The topological polar surface area (TPSA) is 63.1 Å². The number of halogens is 1. The van der Waals surface area contributed by atoms with Crippen LogP contribution >= 0.6 is 11.3 Å². The Morgan fingerprint density at radius 1 is 1.35 bits per heavy atom. The van der Waals surface area contributed by atoms with E-state index >= 15 is 0 Å². The number of carbonyl (C=O) groups is 1. The Balaban J connectivity index is 2.40. The van der Waals surface area contributed by atoms with Crippen LogP contribution in [0, 0.1) is 12.7 Å². The van der Waals surface area contributed by atoms with Gasteiger partial charge >= 0.3 is 5.97 Å². The first kappa shape index (κ1) is 12.7. The molecular weight excluding hydrogens is 279 g/mol. The van der Waals surface area contributed by atoms with E-state index in [0.717, 1.165) is 4.88 Å². The summed E-state index contributed by atoms with van der Waals surface area (Å²) in [7, 11) is 0. The molecule has 3 aromatic rings. The number of hydrogen-bond acceptors (Lipinski definition) is 4. The second kappa shape index (κ2) is 4.64. The molecule has 0 bridgehead atoms. The third kappa shape index (κ3) is 2.04. The lowest BCUT2D eigenvalue weighted by Crippen LogP contribution is -2.01. The summed E-state index contributed by atoms with van der Waals surface area (Å²) in [5, 5.41) is 9.63. The van der Waals surface area contributed by atoms with Gasteiger partial charge in [0.15, 0.2) is 0 Å². The molecule has 2 heterocycles. The third-order valence-electron chi connectivity index (χ3n) is 2.98. The summed E-state index contributed by atoms with van der Waals surface area (Å²) in [5.41, 5.74) is 3.33. The molecule has 0 spiro atoms. The van der Waals surface area contributed by atoms with Crippen molar-refractivity contribution < 1.29 is 14.3 Å². The highest BCUT2D eigenvalue weighted by Gasteiger charge is 2.15. The molecule has 0 aliphatic heterocycles. The lowest BCUT2D eigenvalue weighted by molar-refractivity contribution is 0.0699. The van der Waals surface area contributed by atoms with Crippen molar-refractivity contribution in [3.8, 4) is 10.6 Å². The van der Waals surface area contributed by atoms with Crippen molar-refractivity contribution >= 4 is 28.2 Å². The minimum absolute atomic E-state index is 0.0426. The van der Waals surface area contributed by atoms with Gasteiger partial charge in [-0.2, -0.15) is 0 Å². The number of pyridine rings is 1. The van der Waals surface area contributed by atoms with E-state index in [1.54, 1.807) is 18.6 Å². The van der Waals surface area contributed by atoms with Gasteiger partial charge in [0.1, 0.15) is 5.82 Å². The molecule has 2 aromatic heterocycles. The van der Waals surface area contributed by atoms with Crippen molar-refractivity contribution in [2.45, 2.75) is 6.92 Å². The molecule has 3 rings (SSSR count). The Labute approximate surface area is 117 Å². The molecule has 0 aliphatic carbocycles. The molecule has 0 saturated heterocycles. The number of aromatic carboxylic acids is 1. The average molecular weight is 288 g/mol. The Kier molecular flexibility index (Phi) is 2.94. The van der Waals surface area contributed by atoms with E-state index in [0.29, 0.717) is 22.2 Å². The van der Waals surface area contributed by atoms with Gasteiger partial charge in [0, 0.05) is 11.6 Å². The second-order valence-electron chi connectivity index (χ2n) is 4.34. The van der Waals surface area contributed by atoms with Gasteiger partial charge in [-0.05, 0) is 30.7 Å². The summed E-state index contributed by atoms with van der Waals surface area (Å²) >= 11 is 1.37. The fraction of sp³-hybridized carbons (Fsp3) is 0.0714. The van der Waals surface area contributed by atoms with Gasteiger partial charge in [0.2, 0.25) is 0 Å². The van der Waals surface area contributed by atoms with Crippen LogP contribution in [0.25, 0.3) is 21.5 Å². The number of hydrogen-bond donors (Lipinski definition) is 1. The van der Waals surface area contributed by atoms with Crippen molar-refractivity contribution in [1.82, 2.24) is 9.97 Å². The highest BCUT2D eigenvalue weighted by atomic mass is 32.1. The summed E-state index contributed by atoms with van der Waals surface area (Å²) in [6, 6.07) is 4.00. The van der Waals surface area contributed by atoms with E-state index in [9.17, 15) is 14.3 Å². The maximum Gasteiger partial charge on any atom is 0.336 e. The molecule has 1 N–H and O–H groups in total. The normalized spacial score (nSPS) is 10.9. The van der Waals surface area contributed by atoms with Gasteiger partial charge in [-0.1, -0.05) is 0 Å². The molecule has 0 saturated carbocycles. The number of aryl methyl sites for hydroxylation is 1. The van der Waals surface area contributed by atoms with Crippen LogP contribution in [0.3, 0.4) is 0 Å². The standard InChI is InChI=1S/C14H9FN2O2S/c1-7-2-8(15)3-9-10(14(18)19)4-11(17-13(7)9)12-5-16-6-20-12/h2-6H,1H3,(H,18,19). The number of benzene rings is 1. The first-order chi connectivity index (χ1) is 9.56. The van der Waals surface area contributed by atoms with Gasteiger partial charge in [-0.25, -0.2) is 14.2 Å². The predicted octanol–water partition coefficient (Wildman–Crippen LogP) is 3.50. The van der Waals surface area contributed by atoms with Crippen LogP contribution in [-0.4, -0.2) is 21.0 Å². The molecule has 0 aliphatic rings. The molecule has 0 fully saturated rings. The smallest absolute Gasteiger partial charge is 0.336 e. The van der Waals surface area contributed by atoms with Crippen LogP contribution in [0.5, 0.6) is 0 Å². The first-order valence-electron chi connectivity index (χ1n) is 5.79. The largest absolute Gasteiger partial charge is 0.478 e.